The molecule has 5 heterocycles. The van der Waals surface area contributed by atoms with Crippen LogP contribution in [0.4, 0.5) is 5.69 Å². The normalized spacial score (nSPS) is 38.2. The van der Waals surface area contributed by atoms with Crippen LogP contribution in [-0.2, 0) is 42.1 Å². The highest BCUT2D eigenvalue weighted by atomic mass is 16.6. The molecule has 0 aromatic heterocycles. The Morgan fingerprint density at radius 1 is 0.677 bits per heavy atom. The Morgan fingerprint density at radius 3 is 2.20 bits per heavy atom. The molecule has 0 amide bonds. The van der Waals surface area contributed by atoms with Crippen LogP contribution in [-0.4, -0.2) is 97.1 Å². The van der Waals surface area contributed by atoms with Gasteiger partial charge in [-0.1, -0.05) is 125 Å². The van der Waals surface area contributed by atoms with Gasteiger partial charge in [0.1, 0.15) is 40.7 Å². The van der Waals surface area contributed by atoms with E-state index in [1.54, 1.807) is 13.0 Å². The maximum Gasteiger partial charge on any atom is 0.334 e. The first kappa shape index (κ1) is 63.5. The number of aliphatic hydroxyl groups is 5. The molecule has 16 rings (SSSR count). The van der Waals surface area contributed by atoms with Crippen molar-refractivity contribution >= 4 is 23.4 Å². The summed E-state index contributed by atoms with van der Waals surface area (Å²) in [5, 5.41) is 82.2. The van der Waals surface area contributed by atoms with Gasteiger partial charge >= 0.3 is 11.9 Å². The van der Waals surface area contributed by atoms with Gasteiger partial charge in [-0.05, 0) is 203 Å². The second kappa shape index (κ2) is 25.5. The van der Waals surface area contributed by atoms with Crippen molar-refractivity contribution in [1.29, 1.82) is 0 Å². The zero-order valence-electron chi connectivity index (χ0n) is 54.7. The van der Waals surface area contributed by atoms with Crippen LogP contribution in [0.2, 0.25) is 0 Å². The number of aromatic hydroxyl groups is 1. The minimum Gasteiger partial charge on any atom is -0.507 e. The van der Waals surface area contributed by atoms with E-state index >= 15 is 14.7 Å². The molecule has 2 spiro atoms. The van der Waals surface area contributed by atoms with E-state index in [0.29, 0.717) is 77.8 Å². The molecular weight excluding hydrogens is 1170 g/mol. The van der Waals surface area contributed by atoms with Gasteiger partial charge in [-0.3, -0.25) is 9.59 Å². The van der Waals surface area contributed by atoms with E-state index in [1.165, 1.54) is 0 Å². The van der Waals surface area contributed by atoms with E-state index in [-0.39, 0.29) is 109 Å². The minimum absolute atomic E-state index is 0.00386. The number of ether oxygens (including phenoxy) is 3. The van der Waals surface area contributed by atoms with Crippen molar-refractivity contribution in [2.75, 3.05) is 18.5 Å². The molecule has 0 radical (unpaired) electrons. The molecule has 8 saturated carbocycles. The van der Waals surface area contributed by atoms with E-state index in [0.717, 1.165) is 146 Å². The molecule has 3 aromatic rings. The summed E-state index contributed by atoms with van der Waals surface area (Å²) in [6, 6.07) is 16.3. The Kier molecular flexibility index (Phi) is 17.4. The van der Waals surface area contributed by atoms with Crippen molar-refractivity contribution < 1.29 is 59.2 Å². The van der Waals surface area contributed by atoms with E-state index in [9.17, 15) is 30.3 Å². The number of carbonyl (C=O) groups is 3. The smallest absolute Gasteiger partial charge is 0.334 e. The molecule has 8 fully saturated rings. The Hall–Kier alpha value is -5.51. The van der Waals surface area contributed by atoms with Crippen LogP contribution in [0.5, 0.6) is 11.5 Å². The van der Waals surface area contributed by atoms with Gasteiger partial charge in [0.2, 0.25) is 0 Å². The first-order valence-corrected chi connectivity index (χ1v) is 36.6. The lowest BCUT2D eigenvalue weighted by atomic mass is 9.40. The second-order valence-electron chi connectivity index (χ2n) is 31.8. The Morgan fingerprint density at radius 2 is 1.41 bits per heavy atom. The van der Waals surface area contributed by atoms with E-state index in [4.69, 9.17) is 14.2 Å². The van der Waals surface area contributed by atoms with Gasteiger partial charge in [0.15, 0.2) is 0 Å². The zero-order chi connectivity index (χ0) is 64.0. The molecule has 5 aliphatic heterocycles. The maximum atomic E-state index is 16.7. The summed E-state index contributed by atoms with van der Waals surface area (Å²) >= 11 is 0. The summed E-state index contributed by atoms with van der Waals surface area (Å²) in [7, 11) is 0. The lowest BCUT2D eigenvalue weighted by Gasteiger charge is -2.66. The fraction of sp³-hybridized carbons (Fsp3) is 0.662. The monoisotopic (exact) mass is 1270 g/mol. The molecule has 15 atom stereocenters. The summed E-state index contributed by atoms with van der Waals surface area (Å²) in [5.41, 5.74) is 0.828. The third-order valence-corrected chi connectivity index (χ3v) is 26.4. The summed E-state index contributed by atoms with van der Waals surface area (Å²) in [6.07, 6.45) is 19.0. The van der Waals surface area contributed by atoms with Crippen LogP contribution in [0.15, 0.2) is 60.2 Å². The molecule has 496 valence electrons. The second-order valence-corrected chi connectivity index (χ2v) is 31.8. The van der Waals surface area contributed by atoms with Crippen LogP contribution < -0.4 is 10.1 Å². The molecule has 3 aromatic carbocycles. The van der Waals surface area contributed by atoms with E-state index < -0.39 is 70.2 Å². The van der Waals surface area contributed by atoms with Crippen molar-refractivity contribution in [1.82, 2.24) is 0 Å². The topological polar surface area (TPSA) is 212 Å². The number of benzene rings is 3. The molecule has 13 nitrogen and oxygen atoms in total. The average Bonchev–Trinajstić information content (AvgIpc) is 0.953. The van der Waals surface area contributed by atoms with E-state index in [1.807, 2.05) is 24.3 Å². The summed E-state index contributed by atoms with van der Waals surface area (Å²) < 4.78 is 20.1. The van der Waals surface area contributed by atoms with Crippen LogP contribution in [0.1, 0.15) is 250 Å². The molecule has 8 aliphatic carbocycles. The Labute approximate surface area is 550 Å². The van der Waals surface area contributed by atoms with Crippen molar-refractivity contribution in [3.8, 4) is 35.2 Å². The predicted molar refractivity (Wildman–Crippen MR) is 353 cm³/mol. The molecule has 7 N–H and O–H groups in total. The van der Waals surface area contributed by atoms with Gasteiger partial charge in [-0.2, -0.15) is 0 Å². The Bertz CT molecular complexity index is 3520. The first-order valence-electron chi connectivity index (χ1n) is 36.6. The number of nitrogens with one attached hydrogen (secondary N) is 1. The Balaban J connectivity index is 0.960. The number of carbonyl (C=O) groups excluding carboxylic acids is 3. The molecule has 93 heavy (non-hydrogen) atoms. The lowest BCUT2D eigenvalue weighted by Crippen LogP contribution is -2.71. The highest BCUT2D eigenvalue weighted by molar-refractivity contribution is 5.89. The number of esters is 2. The van der Waals surface area contributed by atoms with E-state index in [2.05, 4.69) is 53.3 Å². The largest absolute Gasteiger partial charge is 0.507 e. The number of aliphatic hydroxyl groups excluding tert-OH is 3. The van der Waals surface area contributed by atoms with Crippen LogP contribution in [0, 0.1) is 76.4 Å². The number of Topliss-reactive ketones (excluding diaryl/α,β-unsaturated/α-hetero) is 1. The SMILES string of the molecule is CC1(O)CNc2cc(C3C#CC4CC(=O)Oc5c4cc(c(O)c5C4CCCCC4)CC4OC(=O)C(=CC(O)C5(CCCCC5)c5cccc(c5)CC5C(=O)CC6CCC7C8CCCCC8C4(O)C6C57)C3)cc(c2)C(O)C2(C#CC3CCC(CC3)OCC1O)CCCCC2. The van der Waals surface area contributed by atoms with Gasteiger partial charge in [0.05, 0.1) is 42.7 Å². The minimum atomic E-state index is -1.65. The number of rotatable bonds is 2. The molecule has 13 heteroatoms. The van der Waals surface area contributed by atoms with Gasteiger partial charge in [0.25, 0.3) is 0 Å². The van der Waals surface area contributed by atoms with Crippen molar-refractivity contribution in [2.45, 2.75) is 264 Å². The molecule has 0 saturated heterocycles. The summed E-state index contributed by atoms with van der Waals surface area (Å²) in [5.74, 6) is 11.5. The molecular formula is C80H99NO12. The number of hydrogen-bond acceptors (Lipinski definition) is 13. The van der Waals surface area contributed by atoms with Crippen molar-refractivity contribution in [3.63, 3.8) is 0 Å². The first-order chi connectivity index (χ1) is 45.0. The fourth-order valence-electron chi connectivity index (χ4n) is 21.4. The number of ketones is 1. The van der Waals surface area contributed by atoms with Crippen molar-refractivity contribution in [3.05, 3.63) is 99.1 Å². The highest BCUT2D eigenvalue weighted by Crippen LogP contribution is 2.67. The van der Waals surface area contributed by atoms with Crippen LogP contribution in [0.25, 0.3) is 0 Å². The summed E-state index contributed by atoms with van der Waals surface area (Å²) in [6.45, 7) is 1.47. The molecule has 13 aliphatic rings. The van der Waals surface area contributed by atoms with Crippen LogP contribution in [0.3, 0.4) is 0 Å². The predicted octanol–water partition coefficient (Wildman–Crippen LogP) is 12.7. The van der Waals surface area contributed by atoms with Gasteiger partial charge < -0.3 is 50.2 Å². The van der Waals surface area contributed by atoms with Gasteiger partial charge in [0, 0.05) is 64.9 Å². The number of phenols is 1. The zero-order valence-corrected chi connectivity index (χ0v) is 54.7. The molecule has 15 unspecified atom stereocenters. The third kappa shape index (κ3) is 11.6. The fourth-order valence-corrected chi connectivity index (χ4v) is 21.4. The van der Waals surface area contributed by atoms with Crippen LogP contribution >= 0.6 is 0 Å². The lowest BCUT2D eigenvalue weighted by molar-refractivity contribution is -0.265. The summed E-state index contributed by atoms with van der Waals surface area (Å²) in [4.78, 5) is 46.2. The number of anilines is 1. The third-order valence-electron chi connectivity index (χ3n) is 26.4. The number of phenolic OH excluding ortho intramolecular Hbond substituents is 1. The van der Waals surface area contributed by atoms with Crippen molar-refractivity contribution in [2.24, 2.45) is 52.8 Å². The standard InChI is InChI=1S/C80H99NO12/c1-77(89)46-81-58-38-53(37-55(39-58)75(87)78(29-9-3-10-30-78)33-28-47-20-25-59(26-21-47)91-45-67(77)84)50-22-23-51-44-69(85)93-74-62(51)40-54(73(86)70(74)49-15-5-2-6-16-49)43-68-80(90)64-19-8-7-18-60(64)61-27-24-52-41-65(82)63(71(61)72(52)80)35-48-14-13-17-57(34-48)79(31-11-4-12-32-79)66(83)42-56(36-50)76(88)92-68/h13-14,17,34,37-40,42,47,49-52,59-61,63-64,66-68,71-72,75,81,83-84,86-87,89-90H,2-12,15-16,18-21,24-27,29-32,35-36,41,43-46H2,1H3. The number of hydrogen-bond donors (Lipinski definition) is 7. The van der Waals surface area contributed by atoms with Gasteiger partial charge in [-0.25, -0.2) is 4.79 Å². The van der Waals surface area contributed by atoms with Gasteiger partial charge in [-0.15, -0.1) is 0 Å². The molecule has 16 bridgehead atoms. The maximum absolute atomic E-state index is 16.7. The quantitative estimate of drug-likeness (QED) is 0.0724. The average molecular weight is 1270 g/mol. The highest BCUT2D eigenvalue weighted by Gasteiger charge is 2.69. The number of fused-ring (bicyclic) bond motifs is 18.